The van der Waals surface area contributed by atoms with Crippen molar-refractivity contribution >= 4 is 11.8 Å². The Morgan fingerprint density at radius 3 is 2.10 bits per heavy atom. The van der Waals surface area contributed by atoms with Crippen LogP contribution in [0.25, 0.3) is 0 Å². The van der Waals surface area contributed by atoms with E-state index in [4.69, 9.17) is 9.47 Å². The number of hydrogen-bond donors (Lipinski definition) is 1. The highest BCUT2D eigenvalue weighted by Gasteiger charge is 2.30. The van der Waals surface area contributed by atoms with Crippen LogP contribution in [0.3, 0.4) is 0 Å². The van der Waals surface area contributed by atoms with Gasteiger partial charge in [-0.3, -0.25) is 9.59 Å². The van der Waals surface area contributed by atoms with Gasteiger partial charge >= 0.3 is 0 Å². The molecule has 0 aliphatic carbocycles. The lowest BCUT2D eigenvalue weighted by Gasteiger charge is -2.33. The predicted octanol–water partition coefficient (Wildman–Crippen LogP) is 4.10. The van der Waals surface area contributed by atoms with E-state index in [1.165, 1.54) is 0 Å². The van der Waals surface area contributed by atoms with Gasteiger partial charge in [-0.15, -0.1) is 0 Å². The SMILES string of the molecule is CCC(C(=O)NC(C)(C)C)N(Cc1ccc(OC)cc1)C(=O)COc1ccc(C)cc1. The number of aryl methyl sites for hydroxylation is 1. The molecule has 2 aromatic carbocycles. The molecule has 0 aliphatic rings. The fourth-order valence-electron chi connectivity index (χ4n) is 3.16. The van der Waals surface area contributed by atoms with Crippen molar-refractivity contribution in [1.29, 1.82) is 0 Å². The summed E-state index contributed by atoms with van der Waals surface area (Å²) >= 11 is 0. The molecule has 0 aliphatic heterocycles. The molecule has 1 atom stereocenters. The molecule has 31 heavy (non-hydrogen) atoms. The molecular weight excluding hydrogens is 392 g/mol. The van der Waals surface area contributed by atoms with Crippen LogP contribution in [0, 0.1) is 6.92 Å². The van der Waals surface area contributed by atoms with Gasteiger partial charge in [0.1, 0.15) is 17.5 Å². The highest BCUT2D eigenvalue weighted by molar-refractivity contribution is 5.88. The minimum Gasteiger partial charge on any atom is -0.497 e. The smallest absolute Gasteiger partial charge is 0.261 e. The van der Waals surface area contributed by atoms with E-state index in [-0.39, 0.29) is 18.4 Å². The van der Waals surface area contributed by atoms with E-state index in [0.29, 0.717) is 18.7 Å². The van der Waals surface area contributed by atoms with Crippen molar-refractivity contribution in [3.63, 3.8) is 0 Å². The Balaban J connectivity index is 2.22. The van der Waals surface area contributed by atoms with Crippen LogP contribution < -0.4 is 14.8 Å². The van der Waals surface area contributed by atoms with Crippen LogP contribution in [0.2, 0.25) is 0 Å². The molecule has 168 valence electrons. The number of nitrogens with zero attached hydrogens (tertiary/aromatic N) is 1. The third-order valence-electron chi connectivity index (χ3n) is 4.78. The third-order valence-corrected chi connectivity index (χ3v) is 4.78. The van der Waals surface area contributed by atoms with Crippen molar-refractivity contribution in [2.45, 2.75) is 59.2 Å². The molecule has 0 spiro atoms. The molecule has 0 heterocycles. The van der Waals surface area contributed by atoms with Crippen LogP contribution in [0.5, 0.6) is 11.5 Å². The molecule has 1 N–H and O–H groups in total. The molecule has 0 bridgehead atoms. The predicted molar refractivity (Wildman–Crippen MR) is 122 cm³/mol. The number of rotatable bonds is 9. The van der Waals surface area contributed by atoms with Gasteiger partial charge in [0.25, 0.3) is 5.91 Å². The van der Waals surface area contributed by atoms with E-state index < -0.39 is 11.6 Å². The average molecular weight is 427 g/mol. The Morgan fingerprint density at radius 2 is 1.58 bits per heavy atom. The van der Waals surface area contributed by atoms with Crippen molar-refractivity contribution in [1.82, 2.24) is 10.2 Å². The summed E-state index contributed by atoms with van der Waals surface area (Å²) in [5.41, 5.74) is 1.63. The number of amides is 2. The summed E-state index contributed by atoms with van der Waals surface area (Å²) in [5.74, 6) is 0.942. The Hall–Kier alpha value is -3.02. The minimum absolute atomic E-state index is 0.140. The Morgan fingerprint density at radius 1 is 1.00 bits per heavy atom. The number of benzene rings is 2. The molecule has 0 aromatic heterocycles. The second-order valence-electron chi connectivity index (χ2n) is 8.63. The maximum Gasteiger partial charge on any atom is 0.261 e. The van der Waals surface area contributed by atoms with Gasteiger partial charge in [-0.25, -0.2) is 0 Å². The van der Waals surface area contributed by atoms with Gasteiger partial charge in [-0.1, -0.05) is 36.8 Å². The summed E-state index contributed by atoms with van der Waals surface area (Å²) in [5, 5.41) is 3.00. The summed E-state index contributed by atoms with van der Waals surface area (Å²) < 4.78 is 10.9. The number of nitrogens with one attached hydrogen (secondary N) is 1. The van der Waals surface area contributed by atoms with E-state index in [2.05, 4.69) is 5.32 Å². The van der Waals surface area contributed by atoms with Gasteiger partial charge in [0, 0.05) is 12.1 Å². The second kappa shape index (κ2) is 10.8. The van der Waals surface area contributed by atoms with Gasteiger partial charge < -0.3 is 19.7 Å². The maximum atomic E-state index is 13.2. The largest absolute Gasteiger partial charge is 0.497 e. The molecular formula is C25H34N2O4. The quantitative estimate of drug-likeness (QED) is 0.655. The molecule has 2 rings (SSSR count). The van der Waals surface area contributed by atoms with Gasteiger partial charge in [0.2, 0.25) is 5.91 Å². The number of carbonyl (C=O) groups is 2. The molecule has 0 saturated carbocycles. The Labute approximate surface area is 185 Å². The molecule has 2 amide bonds. The fraction of sp³-hybridized carbons (Fsp3) is 0.440. The summed E-state index contributed by atoms with van der Waals surface area (Å²) in [6.45, 7) is 9.83. The standard InChI is InChI=1S/C25H34N2O4/c1-7-22(24(29)26-25(3,4)5)27(16-19-10-14-20(30-6)15-11-19)23(28)17-31-21-12-8-18(2)9-13-21/h8-15,22H,7,16-17H2,1-6H3,(H,26,29). The summed E-state index contributed by atoms with van der Waals surface area (Å²) in [6.07, 6.45) is 0.494. The first kappa shape index (κ1) is 24.3. The number of methoxy groups -OCH3 is 1. The first-order valence-corrected chi connectivity index (χ1v) is 10.6. The first-order chi connectivity index (χ1) is 14.6. The molecule has 0 radical (unpaired) electrons. The normalized spacial score (nSPS) is 12.1. The Bertz CT molecular complexity index is 855. The van der Waals surface area contributed by atoms with Gasteiger partial charge in [0.15, 0.2) is 6.61 Å². The minimum atomic E-state index is -0.601. The molecule has 2 aromatic rings. The fourth-order valence-corrected chi connectivity index (χ4v) is 3.16. The van der Waals surface area contributed by atoms with E-state index in [9.17, 15) is 9.59 Å². The van der Waals surface area contributed by atoms with Crippen molar-refractivity contribution < 1.29 is 19.1 Å². The highest BCUT2D eigenvalue weighted by Crippen LogP contribution is 2.18. The number of ether oxygens (including phenoxy) is 2. The zero-order chi connectivity index (χ0) is 23.0. The molecule has 1 unspecified atom stereocenters. The summed E-state index contributed by atoms with van der Waals surface area (Å²) in [6, 6.07) is 14.4. The molecule has 0 fully saturated rings. The van der Waals surface area contributed by atoms with E-state index in [1.807, 2.05) is 83.1 Å². The van der Waals surface area contributed by atoms with Crippen LogP contribution in [0.1, 0.15) is 45.2 Å². The summed E-state index contributed by atoms with van der Waals surface area (Å²) in [7, 11) is 1.61. The van der Waals surface area contributed by atoms with Crippen LogP contribution in [-0.2, 0) is 16.1 Å². The zero-order valence-electron chi connectivity index (χ0n) is 19.4. The van der Waals surface area contributed by atoms with Gasteiger partial charge in [-0.2, -0.15) is 0 Å². The van der Waals surface area contributed by atoms with E-state index in [0.717, 1.165) is 16.9 Å². The molecule has 0 saturated heterocycles. The molecule has 6 nitrogen and oxygen atoms in total. The van der Waals surface area contributed by atoms with Crippen LogP contribution in [0.4, 0.5) is 0 Å². The van der Waals surface area contributed by atoms with Gasteiger partial charge in [0.05, 0.1) is 7.11 Å². The van der Waals surface area contributed by atoms with Crippen LogP contribution in [-0.4, -0.2) is 42.0 Å². The summed E-state index contributed by atoms with van der Waals surface area (Å²) in [4.78, 5) is 27.7. The van der Waals surface area contributed by atoms with Crippen molar-refractivity contribution in [2.75, 3.05) is 13.7 Å². The van der Waals surface area contributed by atoms with Crippen molar-refractivity contribution in [2.24, 2.45) is 0 Å². The number of hydrogen-bond acceptors (Lipinski definition) is 4. The second-order valence-corrected chi connectivity index (χ2v) is 8.63. The zero-order valence-corrected chi connectivity index (χ0v) is 19.4. The lowest BCUT2D eigenvalue weighted by atomic mass is 10.1. The third kappa shape index (κ3) is 7.63. The average Bonchev–Trinajstić information content (AvgIpc) is 2.72. The van der Waals surface area contributed by atoms with Crippen LogP contribution in [0.15, 0.2) is 48.5 Å². The maximum absolute atomic E-state index is 13.2. The Kier molecular flexibility index (Phi) is 8.48. The lowest BCUT2D eigenvalue weighted by Crippen LogP contribution is -2.54. The monoisotopic (exact) mass is 426 g/mol. The van der Waals surface area contributed by atoms with Crippen molar-refractivity contribution in [3.8, 4) is 11.5 Å². The lowest BCUT2D eigenvalue weighted by molar-refractivity contribution is -0.143. The van der Waals surface area contributed by atoms with Gasteiger partial charge in [-0.05, 0) is 63.9 Å². The van der Waals surface area contributed by atoms with Crippen LogP contribution >= 0.6 is 0 Å². The van der Waals surface area contributed by atoms with E-state index >= 15 is 0 Å². The van der Waals surface area contributed by atoms with E-state index in [1.54, 1.807) is 12.0 Å². The first-order valence-electron chi connectivity index (χ1n) is 10.6. The van der Waals surface area contributed by atoms with Crippen molar-refractivity contribution in [3.05, 3.63) is 59.7 Å². The number of carbonyl (C=O) groups excluding carboxylic acids is 2. The molecule has 6 heteroatoms. The highest BCUT2D eigenvalue weighted by atomic mass is 16.5. The topological polar surface area (TPSA) is 67.9 Å².